The van der Waals surface area contributed by atoms with Crippen molar-refractivity contribution in [2.24, 2.45) is 0 Å². The lowest BCUT2D eigenvalue weighted by Crippen LogP contribution is -2.50. The van der Waals surface area contributed by atoms with E-state index in [0.29, 0.717) is 11.1 Å². The molecule has 0 unspecified atom stereocenters. The molecular formula is C14H16F4N2O. The van der Waals surface area contributed by atoms with Crippen LogP contribution in [-0.2, 0) is 0 Å². The summed E-state index contributed by atoms with van der Waals surface area (Å²) >= 11 is 0. The molecule has 0 aliphatic carbocycles. The molecule has 0 saturated carbocycles. The summed E-state index contributed by atoms with van der Waals surface area (Å²) in [5, 5.41) is 0. The standard InChI is InChI=1S/C14H16F4N2O/c1-10-8-11(2-3-12(10)15)13(21)20-6-4-19(5-7-20)9-14(16,17)18/h2-3,8H,4-7,9H2,1H3. The first-order chi connectivity index (χ1) is 9.76. The second-order valence-corrected chi connectivity index (χ2v) is 5.15. The number of piperazine rings is 1. The Balaban J connectivity index is 1.95. The summed E-state index contributed by atoms with van der Waals surface area (Å²) < 4.78 is 50.0. The quantitative estimate of drug-likeness (QED) is 0.784. The Hall–Kier alpha value is -1.63. The molecular weight excluding hydrogens is 288 g/mol. The van der Waals surface area contributed by atoms with Crippen molar-refractivity contribution in [3.05, 3.63) is 35.1 Å². The minimum Gasteiger partial charge on any atom is -0.336 e. The predicted molar refractivity (Wildman–Crippen MR) is 69.5 cm³/mol. The van der Waals surface area contributed by atoms with Crippen LogP contribution in [0.15, 0.2) is 18.2 Å². The van der Waals surface area contributed by atoms with Crippen LogP contribution in [0.3, 0.4) is 0 Å². The van der Waals surface area contributed by atoms with Gasteiger partial charge in [-0.05, 0) is 30.7 Å². The predicted octanol–water partition coefficient (Wildman–Crippen LogP) is 2.45. The summed E-state index contributed by atoms with van der Waals surface area (Å²) in [5.41, 5.74) is 0.731. The van der Waals surface area contributed by atoms with Gasteiger partial charge >= 0.3 is 6.18 Å². The number of benzene rings is 1. The Bertz CT molecular complexity index is 522. The lowest BCUT2D eigenvalue weighted by molar-refractivity contribution is -0.148. The van der Waals surface area contributed by atoms with E-state index in [-0.39, 0.29) is 37.9 Å². The zero-order chi connectivity index (χ0) is 15.6. The highest BCUT2D eigenvalue weighted by Crippen LogP contribution is 2.18. The molecule has 1 heterocycles. The summed E-state index contributed by atoms with van der Waals surface area (Å²) in [6.07, 6.45) is -4.22. The summed E-state index contributed by atoms with van der Waals surface area (Å²) in [4.78, 5) is 15.0. The van der Waals surface area contributed by atoms with E-state index in [4.69, 9.17) is 0 Å². The Morgan fingerprint density at radius 1 is 1.19 bits per heavy atom. The van der Waals surface area contributed by atoms with Crippen LogP contribution >= 0.6 is 0 Å². The van der Waals surface area contributed by atoms with E-state index >= 15 is 0 Å². The van der Waals surface area contributed by atoms with Crippen LogP contribution in [0.2, 0.25) is 0 Å². The van der Waals surface area contributed by atoms with Crippen molar-refractivity contribution in [1.29, 1.82) is 0 Å². The van der Waals surface area contributed by atoms with Gasteiger partial charge in [0.25, 0.3) is 5.91 Å². The Morgan fingerprint density at radius 3 is 2.33 bits per heavy atom. The van der Waals surface area contributed by atoms with E-state index in [0.717, 1.165) is 0 Å². The fourth-order valence-electron chi connectivity index (χ4n) is 2.32. The number of aryl methyl sites for hydroxylation is 1. The third-order valence-corrected chi connectivity index (χ3v) is 3.47. The van der Waals surface area contributed by atoms with E-state index in [2.05, 4.69) is 0 Å². The molecule has 1 saturated heterocycles. The number of carbonyl (C=O) groups is 1. The first-order valence-electron chi connectivity index (χ1n) is 6.61. The molecule has 7 heteroatoms. The van der Waals surface area contributed by atoms with Gasteiger partial charge in [0, 0.05) is 31.7 Å². The average Bonchev–Trinajstić information content (AvgIpc) is 2.40. The van der Waals surface area contributed by atoms with Gasteiger partial charge in [0.1, 0.15) is 5.82 Å². The number of hydrogen-bond acceptors (Lipinski definition) is 2. The molecule has 0 aromatic heterocycles. The van der Waals surface area contributed by atoms with E-state index in [1.807, 2.05) is 0 Å². The van der Waals surface area contributed by atoms with Crippen LogP contribution in [0, 0.1) is 12.7 Å². The minimum absolute atomic E-state index is 0.186. The van der Waals surface area contributed by atoms with E-state index in [1.54, 1.807) is 6.92 Å². The molecule has 21 heavy (non-hydrogen) atoms. The number of rotatable bonds is 2. The molecule has 1 aromatic carbocycles. The van der Waals surface area contributed by atoms with Gasteiger partial charge in [0.2, 0.25) is 0 Å². The van der Waals surface area contributed by atoms with E-state index in [9.17, 15) is 22.4 Å². The third kappa shape index (κ3) is 4.17. The third-order valence-electron chi connectivity index (χ3n) is 3.47. The number of alkyl halides is 3. The van der Waals surface area contributed by atoms with Crippen molar-refractivity contribution in [2.75, 3.05) is 32.7 Å². The van der Waals surface area contributed by atoms with Crippen molar-refractivity contribution in [3.63, 3.8) is 0 Å². The van der Waals surface area contributed by atoms with Crippen molar-refractivity contribution in [1.82, 2.24) is 9.80 Å². The zero-order valence-corrected chi connectivity index (χ0v) is 11.6. The number of halogens is 4. The van der Waals surface area contributed by atoms with Gasteiger partial charge < -0.3 is 4.90 Å². The maximum Gasteiger partial charge on any atom is 0.401 e. The minimum atomic E-state index is -4.22. The molecule has 0 bridgehead atoms. The van der Waals surface area contributed by atoms with Gasteiger partial charge in [-0.1, -0.05) is 0 Å². The number of carbonyl (C=O) groups excluding carboxylic acids is 1. The van der Waals surface area contributed by atoms with Crippen LogP contribution in [0.1, 0.15) is 15.9 Å². The van der Waals surface area contributed by atoms with E-state index < -0.39 is 12.7 Å². The molecule has 2 rings (SSSR count). The molecule has 1 aromatic rings. The van der Waals surface area contributed by atoms with Crippen LogP contribution in [0.25, 0.3) is 0 Å². The zero-order valence-electron chi connectivity index (χ0n) is 11.6. The van der Waals surface area contributed by atoms with Gasteiger partial charge in [0.05, 0.1) is 6.54 Å². The first-order valence-corrected chi connectivity index (χ1v) is 6.61. The summed E-state index contributed by atoms with van der Waals surface area (Å²) in [6, 6.07) is 4.08. The molecule has 0 radical (unpaired) electrons. The summed E-state index contributed by atoms with van der Waals surface area (Å²) in [5.74, 6) is -0.661. The molecule has 0 N–H and O–H groups in total. The van der Waals surface area contributed by atoms with Gasteiger partial charge in [0.15, 0.2) is 0 Å². The second-order valence-electron chi connectivity index (χ2n) is 5.15. The molecule has 116 valence electrons. The number of nitrogens with zero attached hydrogens (tertiary/aromatic N) is 2. The second kappa shape index (κ2) is 6.01. The van der Waals surface area contributed by atoms with Gasteiger partial charge in [-0.3, -0.25) is 9.69 Å². The van der Waals surface area contributed by atoms with Gasteiger partial charge in [-0.2, -0.15) is 13.2 Å². The Kier molecular flexibility index (Phi) is 4.51. The smallest absolute Gasteiger partial charge is 0.336 e. The normalized spacial score (nSPS) is 17.1. The van der Waals surface area contributed by atoms with Crippen LogP contribution < -0.4 is 0 Å². The first kappa shape index (κ1) is 15.8. The Morgan fingerprint density at radius 2 is 1.81 bits per heavy atom. The molecule has 0 atom stereocenters. The molecule has 1 aliphatic rings. The highest BCUT2D eigenvalue weighted by molar-refractivity contribution is 5.94. The maximum absolute atomic E-state index is 13.2. The highest BCUT2D eigenvalue weighted by atomic mass is 19.4. The van der Waals surface area contributed by atoms with Crippen molar-refractivity contribution >= 4 is 5.91 Å². The molecule has 1 amide bonds. The topological polar surface area (TPSA) is 23.6 Å². The monoisotopic (exact) mass is 304 g/mol. The van der Waals surface area contributed by atoms with Crippen molar-refractivity contribution < 1.29 is 22.4 Å². The highest BCUT2D eigenvalue weighted by Gasteiger charge is 2.33. The maximum atomic E-state index is 13.2. The molecule has 1 fully saturated rings. The number of amides is 1. The SMILES string of the molecule is Cc1cc(C(=O)N2CCN(CC(F)(F)F)CC2)ccc1F. The van der Waals surface area contributed by atoms with Crippen LogP contribution in [0.5, 0.6) is 0 Å². The van der Waals surface area contributed by atoms with Crippen molar-refractivity contribution in [2.45, 2.75) is 13.1 Å². The molecule has 1 aliphatic heterocycles. The average molecular weight is 304 g/mol. The van der Waals surface area contributed by atoms with Crippen LogP contribution in [0.4, 0.5) is 17.6 Å². The summed E-state index contributed by atoms with van der Waals surface area (Å²) in [6.45, 7) is 1.46. The van der Waals surface area contributed by atoms with Gasteiger partial charge in [-0.25, -0.2) is 4.39 Å². The fraction of sp³-hybridized carbons (Fsp3) is 0.500. The molecule has 0 spiro atoms. The van der Waals surface area contributed by atoms with Crippen LogP contribution in [-0.4, -0.2) is 54.6 Å². The summed E-state index contributed by atoms with van der Waals surface area (Å²) in [7, 11) is 0. The Labute approximate surface area is 120 Å². The van der Waals surface area contributed by atoms with E-state index in [1.165, 1.54) is 28.0 Å². The lowest BCUT2D eigenvalue weighted by atomic mass is 10.1. The van der Waals surface area contributed by atoms with Crippen molar-refractivity contribution in [3.8, 4) is 0 Å². The molecule has 3 nitrogen and oxygen atoms in total. The lowest BCUT2D eigenvalue weighted by Gasteiger charge is -2.35. The number of hydrogen-bond donors (Lipinski definition) is 0. The largest absolute Gasteiger partial charge is 0.401 e. The fourth-order valence-corrected chi connectivity index (χ4v) is 2.32. The van der Waals surface area contributed by atoms with Gasteiger partial charge in [-0.15, -0.1) is 0 Å².